The van der Waals surface area contributed by atoms with E-state index in [-0.39, 0.29) is 17.1 Å². The predicted molar refractivity (Wildman–Crippen MR) is 101 cm³/mol. The van der Waals surface area contributed by atoms with Crippen molar-refractivity contribution in [3.8, 4) is 11.5 Å². The molecule has 1 amide bonds. The van der Waals surface area contributed by atoms with E-state index in [9.17, 15) is 9.90 Å². The molecule has 0 aliphatic heterocycles. The minimum atomic E-state index is -0.0374. The Morgan fingerprint density at radius 2 is 1.72 bits per heavy atom. The van der Waals surface area contributed by atoms with Gasteiger partial charge in [0, 0.05) is 29.9 Å². The Hall–Kier alpha value is -2.69. The number of carbonyl (C=O) groups excluding carboxylic acids is 1. The zero-order chi connectivity index (χ0) is 18.4. The summed E-state index contributed by atoms with van der Waals surface area (Å²) >= 11 is 0. The molecule has 0 spiro atoms. The quantitative estimate of drug-likeness (QED) is 0.728. The summed E-state index contributed by atoms with van der Waals surface area (Å²) in [5, 5.41) is 16.0. The summed E-state index contributed by atoms with van der Waals surface area (Å²) in [5.41, 5.74) is 2.38. The highest BCUT2D eigenvalue weighted by molar-refractivity contribution is 5.91. The summed E-state index contributed by atoms with van der Waals surface area (Å²) < 4.78 is 5.17. The van der Waals surface area contributed by atoms with Crippen LogP contribution in [0, 0.1) is 5.41 Å². The van der Waals surface area contributed by atoms with Crippen LogP contribution in [0.3, 0.4) is 0 Å². The van der Waals surface area contributed by atoms with Gasteiger partial charge < -0.3 is 20.5 Å². The molecule has 0 aliphatic carbocycles. The van der Waals surface area contributed by atoms with Crippen molar-refractivity contribution in [1.82, 2.24) is 0 Å². The second kappa shape index (κ2) is 7.92. The lowest BCUT2D eigenvalue weighted by molar-refractivity contribution is -0.117. The molecule has 134 valence electrons. The van der Waals surface area contributed by atoms with E-state index >= 15 is 0 Å². The molecule has 3 N–H and O–H groups in total. The van der Waals surface area contributed by atoms with Crippen molar-refractivity contribution in [2.24, 2.45) is 5.41 Å². The molecule has 5 heteroatoms. The first-order chi connectivity index (χ1) is 11.8. The molecular weight excluding hydrogens is 316 g/mol. The number of aromatic hydroxyl groups is 1. The first-order valence-electron chi connectivity index (χ1n) is 8.26. The smallest absolute Gasteiger partial charge is 0.224 e. The van der Waals surface area contributed by atoms with E-state index in [1.54, 1.807) is 25.3 Å². The van der Waals surface area contributed by atoms with Gasteiger partial charge in [-0.1, -0.05) is 20.8 Å². The molecule has 0 saturated heterocycles. The lowest BCUT2D eigenvalue weighted by atomic mass is 9.92. The Kier molecular flexibility index (Phi) is 5.91. The third-order valence-electron chi connectivity index (χ3n) is 3.63. The lowest BCUT2D eigenvalue weighted by Crippen LogP contribution is -2.19. The lowest BCUT2D eigenvalue weighted by Gasteiger charge is -2.17. The molecule has 0 aliphatic rings. The van der Waals surface area contributed by atoms with Crippen LogP contribution in [0.5, 0.6) is 11.5 Å². The number of methoxy groups -OCH3 is 1. The van der Waals surface area contributed by atoms with E-state index < -0.39 is 0 Å². The number of benzene rings is 2. The van der Waals surface area contributed by atoms with Gasteiger partial charge in [0.15, 0.2) is 0 Å². The number of rotatable bonds is 6. The Morgan fingerprint density at radius 3 is 2.32 bits per heavy atom. The zero-order valence-corrected chi connectivity index (χ0v) is 15.2. The average molecular weight is 342 g/mol. The van der Waals surface area contributed by atoms with Crippen molar-refractivity contribution in [2.45, 2.75) is 33.7 Å². The Bertz CT molecular complexity index is 719. The highest BCUT2D eigenvalue weighted by Crippen LogP contribution is 2.24. The number of hydrogen-bond acceptors (Lipinski definition) is 4. The number of anilines is 2. The molecule has 2 rings (SSSR count). The maximum atomic E-state index is 12.0. The van der Waals surface area contributed by atoms with Crippen LogP contribution in [0.15, 0.2) is 42.5 Å². The fraction of sp³-hybridized carbons (Fsp3) is 0.350. The van der Waals surface area contributed by atoms with Gasteiger partial charge in [-0.3, -0.25) is 4.79 Å². The molecule has 0 saturated carbocycles. The summed E-state index contributed by atoms with van der Waals surface area (Å²) in [4.78, 5) is 12.0. The zero-order valence-electron chi connectivity index (χ0n) is 15.2. The molecule has 2 aromatic carbocycles. The Morgan fingerprint density at radius 1 is 1.08 bits per heavy atom. The van der Waals surface area contributed by atoms with Crippen LogP contribution >= 0.6 is 0 Å². The second-order valence-corrected chi connectivity index (χ2v) is 7.21. The summed E-state index contributed by atoms with van der Waals surface area (Å²) in [6, 6.07) is 12.6. The summed E-state index contributed by atoms with van der Waals surface area (Å²) in [6.07, 6.45) is 0.474. The van der Waals surface area contributed by atoms with Gasteiger partial charge in [0.05, 0.1) is 7.11 Å². The number of carbonyl (C=O) groups is 1. The third kappa shape index (κ3) is 6.03. The highest BCUT2D eigenvalue weighted by Gasteiger charge is 2.15. The minimum absolute atomic E-state index is 0.00881. The second-order valence-electron chi connectivity index (χ2n) is 7.21. The van der Waals surface area contributed by atoms with E-state index in [4.69, 9.17) is 4.74 Å². The number of phenolic OH excluding ortho intramolecular Hbond substituents is 1. The van der Waals surface area contributed by atoms with E-state index in [2.05, 4.69) is 10.6 Å². The monoisotopic (exact) mass is 342 g/mol. The molecule has 0 radical (unpaired) electrons. The van der Waals surface area contributed by atoms with Crippen molar-refractivity contribution >= 4 is 17.3 Å². The van der Waals surface area contributed by atoms with Crippen molar-refractivity contribution in [3.05, 3.63) is 48.0 Å². The maximum absolute atomic E-state index is 12.0. The van der Waals surface area contributed by atoms with Crippen molar-refractivity contribution < 1.29 is 14.6 Å². The van der Waals surface area contributed by atoms with E-state index in [1.807, 2.05) is 45.0 Å². The fourth-order valence-electron chi connectivity index (χ4n) is 2.39. The molecule has 0 bridgehead atoms. The number of ether oxygens (including phenoxy) is 1. The van der Waals surface area contributed by atoms with Gasteiger partial charge in [0.2, 0.25) is 5.91 Å². The minimum Gasteiger partial charge on any atom is -0.508 e. The number of phenols is 1. The summed E-state index contributed by atoms with van der Waals surface area (Å²) in [6.45, 7) is 6.58. The van der Waals surface area contributed by atoms with Crippen molar-refractivity contribution in [2.75, 3.05) is 17.7 Å². The topological polar surface area (TPSA) is 70.6 Å². The molecule has 2 aromatic rings. The Labute approximate surface area is 149 Å². The van der Waals surface area contributed by atoms with Gasteiger partial charge in [-0.15, -0.1) is 0 Å². The largest absolute Gasteiger partial charge is 0.508 e. The summed E-state index contributed by atoms with van der Waals surface area (Å²) in [5.74, 6) is 0.931. The number of nitrogens with one attached hydrogen (secondary N) is 2. The standard InChI is InChI=1S/C20H26N2O3/c1-20(2,3)12-19(24)22-16-7-5-15(6-8-16)21-13-14-11-17(25-4)9-10-18(14)23/h5-11,21,23H,12-13H2,1-4H3,(H,22,24). The maximum Gasteiger partial charge on any atom is 0.224 e. The third-order valence-corrected chi connectivity index (χ3v) is 3.63. The number of hydrogen-bond donors (Lipinski definition) is 3. The van der Waals surface area contributed by atoms with Crippen LogP contribution in [0.25, 0.3) is 0 Å². The molecule has 0 unspecified atom stereocenters. The van der Waals surface area contributed by atoms with Crippen molar-refractivity contribution in [1.29, 1.82) is 0 Å². The molecule has 25 heavy (non-hydrogen) atoms. The SMILES string of the molecule is COc1ccc(O)c(CNc2ccc(NC(=O)CC(C)(C)C)cc2)c1. The molecular formula is C20H26N2O3. The van der Waals surface area contributed by atoms with Gasteiger partial charge in [-0.25, -0.2) is 0 Å². The van der Waals surface area contributed by atoms with Gasteiger partial charge in [-0.2, -0.15) is 0 Å². The highest BCUT2D eigenvalue weighted by atomic mass is 16.5. The molecule has 5 nitrogen and oxygen atoms in total. The Balaban J connectivity index is 1.93. The van der Waals surface area contributed by atoms with Gasteiger partial charge in [0.25, 0.3) is 0 Å². The van der Waals surface area contributed by atoms with Crippen molar-refractivity contribution in [3.63, 3.8) is 0 Å². The fourth-order valence-corrected chi connectivity index (χ4v) is 2.39. The van der Waals surface area contributed by atoms with Crippen LogP contribution in [0.4, 0.5) is 11.4 Å². The van der Waals surface area contributed by atoms with Gasteiger partial charge >= 0.3 is 0 Å². The van der Waals surface area contributed by atoms with E-state index in [0.717, 1.165) is 16.9 Å². The van der Waals surface area contributed by atoms with Crippen LogP contribution < -0.4 is 15.4 Å². The number of amides is 1. The molecule has 0 heterocycles. The molecule has 0 aromatic heterocycles. The van der Waals surface area contributed by atoms with Gasteiger partial charge in [0.1, 0.15) is 11.5 Å². The molecule has 0 fully saturated rings. The normalized spacial score (nSPS) is 11.0. The van der Waals surface area contributed by atoms with E-state index in [1.165, 1.54) is 0 Å². The summed E-state index contributed by atoms with van der Waals surface area (Å²) in [7, 11) is 1.59. The van der Waals surface area contributed by atoms with Crippen LogP contribution in [0.1, 0.15) is 32.8 Å². The first kappa shape index (κ1) is 18.6. The van der Waals surface area contributed by atoms with Crippen LogP contribution in [-0.2, 0) is 11.3 Å². The van der Waals surface area contributed by atoms with Gasteiger partial charge in [-0.05, 0) is 47.9 Å². The first-order valence-corrected chi connectivity index (χ1v) is 8.26. The average Bonchev–Trinajstić information content (AvgIpc) is 2.53. The van der Waals surface area contributed by atoms with Crippen LogP contribution in [0.2, 0.25) is 0 Å². The molecule has 0 atom stereocenters. The predicted octanol–water partition coefficient (Wildman–Crippen LogP) is 4.39. The van der Waals surface area contributed by atoms with E-state index in [0.29, 0.717) is 18.7 Å². The van der Waals surface area contributed by atoms with Crippen LogP contribution in [-0.4, -0.2) is 18.1 Å².